The van der Waals surface area contributed by atoms with Gasteiger partial charge >= 0.3 is 0 Å². The molecule has 1 unspecified atom stereocenters. The van der Waals surface area contributed by atoms with Crippen molar-refractivity contribution in [2.24, 2.45) is 5.73 Å². The molecule has 2 saturated heterocycles. The van der Waals surface area contributed by atoms with Crippen molar-refractivity contribution in [3.63, 3.8) is 0 Å². The molecule has 2 heterocycles. The van der Waals surface area contributed by atoms with Crippen molar-refractivity contribution in [3.05, 3.63) is 0 Å². The fraction of sp³-hybridized carbons (Fsp3) is 0.938. The number of hydrogen-bond acceptors (Lipinski definition) is 4. The van der Waals surface area contributed by atoms with Crippen molar-refractivity contribution in [3.8, 4) is 0 Å². The number of rotatable bonds is 4. The summed E-state index contributed by atoms with van der Waals surface area (Å²) < 4.78 is 0.352. The highest BCUT2D eigenvalue weighted by atomic mass is 32.2. The molecular formula is C16H31N3OS. The summed E-state index contributed by atoms with van der Waals surface area (Å²) in [5.41, 5.74) is 5.98. The van der Waals surface area contributed by atoms with Gasteiger partial charge in [0.05, 0.1) is 0 Å². The Morgan fingerprint density at radius 2 is 1.90 bits per heavy atom. The van der Waals surface area contributed by atoms with E-state index in [4.69, 9.17) is 5.73 Å². The zero-order valence-corrected chi connectivity index (χ0v) is 14.5. The zero-order valence-electron chi connectivity index (χ0n) is 13.6. The minimum absolute atomic E-state index is 0.217. The summed E-state index contributed by atoms with van der Waals surface area (Å²) in [6.07, 6.45) is 5.36. The van der Waals surface area contributed by atoms with Crippen molar-refractivity contribution in [2.75, 3.05) is 38.5 Å². The minimum Gasteiger partial charge on any atom is -0.343 e. The maximum atomic E-state index is 12.5. The second-order valence-electron chi connectivity index (χ2n) is 6.93. The molecule has 0 aromatic rings. The monoisotopic (exact) mass is 313 g/mol. The molecule has 1 atom stereocenters. The summed E-state index contributed by atoms with van der Waals surface area (Å²) in [7, 11) is 0. The fourth-order valence-electron chi connectivity index (χ4n) is 3.24. The molecule has 2 rings (SSSR count). The summed E-state index contributed by atoms with van der Waals surface area (Å²) in [5, 5.41) is 0. The number of nitrogens with zero attached hydrogens (tertiary/aromatic N) is 2. The molecule has 2 N–H and O–H groups in total. The molecule has 1 amide bonds. The quantitative estimate of drug-likeness (QED) is 0.862. The third kappa shape index (κ3) is 5.15. The predicted octanol–water partition coefficient (Wildman–Crippen LogP) is 1.93. The van der Waals surface area contributed by atoms with E-state index in [9.17, 15) is 4.79 Å². The van der Waals surface area contributed by atoms with E-state index in [0.717, 1.165) is 44.8 Å². The van der Waals surface area contributed by atoms with Crippen LogP contribution in [0.2, 0.25) is 0 Å². The predicted molar refractivity (Wildman–Crippen MR) is 90.6 cm³/mol. The van der Waals surface area contributed by atoms with Crippen molar-refractivity contribution in [1.29, 1.82) is 0 Å². The first-order valence-electron chi connectivity index (χ1n) is 8.38. The van der Waals surface area contributed by atoms with E-state index in [-0.39, 0.29) is 6.04 Å². The highest BCUT2D eigenvalue weighted by Gasteiger charge is 2.29. The molecule has 0 aromatic heterocycles. The summed E-state index contributed by atoms with van der Waals surface area (Å²) >= 11 is 2.04. The van der Waals surface area contributed by atoms with Gasteiger partial charge in [0.1, 0.15) is 0 Å². The summed E-state index contributed by atoms with van der Waals surface area (Å²) in [6, 6.07) is 0.217. The van der Waals surface area contributed by atoms with Gasteiger partial charge in [-0.15, -0.1) is 0 Å². The van der Waals surface area contributed by atoms with Crippen molar-refractivity contribution in [1.82, 2.24) is 9.80 Å². The zero-order chi connectivity index (χ0) is 15.3. The number of nitrogens with two attached hydrogens (primary N) is 1. The van der Waals surface area contributed by atoms with Crippen LogP contribution in [0.25, 0.3) is 0 Å². The molecule has 21 heavy (non-hydrogen) atoms. The van der Waals surface area contributed by atoms with E-state index < -0.39 is 0 Å². The Morgan fingerprint density at radius 3 is 2.57 bits per heavy atom. The normalized spacial score (nSPS) is 25.4. The second-order valence-corrected chi connectivity index (χ2v) is 8.73. The van der Waals surface area contributed by atoms with Gasteiger partial charge in [-0.3, -0.25) is 9.69 Å². The molecule has 0 radical (unpaired) electrons. The van der Waals surface area contributed by atoms with Gasteiger partial charge in [0.15, 0.2) is 0 Å². The Bertz CT molecular complexity index is 342. The molecule has 0 saturated carbocycles. The molecule has 0 aliphatic carbocycles. The number of carbonyl (C=O) groups excluding carboxylic acids is 1. The van der Waals surface area contributed by atoms with Crippen LogP contribution in [0.3, 0.4) is 0 Å². The summed E-state index contributed by atoms with van der Waals surface area (Å²) in [4.78, 5) is 17.0. The van der Waals surface area contributed by atoms with Crippen LogP contribution in [0.15, 0.2) is 0 Å². The Balaban J connectivity index is 1.88. The lowest BCUT2D eigenvalue weighted by atomic mass is 10.1. The summed E-state index contributed by atoms with van der Waals surface area (Å²) in [6.45, 7) is 9.23. The van der Waals surface area contributed by atoms with Crippen molar-refractivity contribution >= 4 is 17.7 Å². The Morgan fingerprint density at radius 1 is 1.19 bits per heavy atom. The molecule has 0 bridgehead atoms. The van der Waals surface area contributed by atoms with Crippen LogP contribution in [-0.4, -0.2) is 65.0 Å². The van der Waals surface area contributed by atoms with Gasteiger partial charge in [-0.1, -0.05) is 13.8 Å². The van der Waals surface area contributed by atoms with E-state index in [2.05, 4.69) is 18.7 Å². The van der Waals surface area contributed by atoms with Crippen LogP contribution in [0, 0.1) is 0 Å². The number of likely N-dealkylation sites (tertiary alicyclic amines) is 1. The lowest BCUT2D eigenvalue weighted by molar-refractivity contribution is -0.133. The number of hydrogen-bond donors (Lipinski definition) is 1. The average molecular weight is 314 g/mol. The minimum atomic E-state index is 0.217. The third-order valence-electron chi connectivity index (χ3n) is 4.78. The van der Waals surface area contributed by atoms with E-state index in [1.807, 2.05) is 16.7 Å². The molecular weight excluding hydrogens is 282 g/mol. The molecule has 0 aromatic carbocycles. The Labute approximate surface area is 133 Å². The maximum Gasteiger partial charge on any atom is 0.224 e. The van der Waals surface area contributed by atoms with Crippen molar-refractivity contribution in [2.45, 2.75) is 56.7 Å². The lowest BCUT2D eigenvalue weighted by Gasteiger charge is -2.33. The first-order chi connectivity index (χ1) is 10.0. The second kappa shape index (κ2) is 7.84. The molecule has 0 spiro atoms. The Kier molecular flexibility index (Phi) is 6.38. The smallest absolute Gasteiger partial charge is 0.224 e. The number of carbonyl (C=O) groups is 1. The molecule has 5 heteroatoms. The van der Waals surface area contributed by atoms with Gasteiger partial charge in [0.2, 0.25) is 5.91 Å². The van der Waals surface area contributed by atoms with Gasteiger partial charge in [0, 0.05) is 49.1 Å². The largest absolute Gasteiger partial charge is 0.343 e. The van der Waals surface area contributed by atoms with Gasteiger partial charge in [-0.25, -0.2) is 0 Å². The maximum absolute atomic E-state index is 12.5. The Hall–Kier alpha value is -0.260. The molecule has 2 aliphatic heterocycles. The first-order valence-corrected chi connectivity index (χ1v) is 9.36. The third-order valence-corrected chi connectivity index (χ3v) is 6.15. The van der Waals surface area contributed by atoms with Gasteiger partial charge in [-0.05, 0) is 32.2 Å². The van der Waals surface area contributed by atoms with E-state index >= 15 is 0 Å². The summed E-state index contributed by atoms with van der Waals surface area (Å²) in [5.74, 6) is 1.45. The SMILES string of the molecule is CC1(C)CCN(C(CN)CC(=O)N2CCCCC2)CCS1. The van der Waals surface area contributed by atoms with Crippen LogP contribution < -0.4 is 5.73 Å². The number of piperidine rings is 1. The van der Waals surface area contributed by atoms with Crippen LogP contribution in [-0.2, 0) is 4.79 Å². The van der Waals surface area contributed by atoms with Crippen LogP contribution in [0.5, 0.6) is 0 Å². The molecule has 4 nitrogen and oxygen atoms in total. The standard InChI is InChI=1S/C16H31N3OS/c1-16(2)6-9-18(10-11-21-16)14(13-17)12-15(20)19-7-4-3-5-8-19/h14H,3-13,17H2,1-2H3. The molecule has 2 aliphatic rings. The first kappa shape index (κ1) is 17.1. The highest BCUT2D eigenvalue weighted by Crippen LogP contribution is 2.31. The van der Waals surface area contributed by atoms with Crippen molar-refractivity contribution < 1.29 is 4.79 Å². The van der Waals surface area contributed by atoms with E-state index in [0.29, 0.717) is 23.6 Å². The van der Waals surface area contributed by atoms with Crippen LogP contribution in [0.1, 0.15) is 46.0 Å². The van der Waals surface area contributed by atoms with Gasteiger partial charge in [-0.2, -0.15) is 11.8 Å². The highest BCUT2D eigenvalue weighted by molar-refractivity contribution is 8.00. The van der Waals surface area contributed by atoms with Gasteiger partial charge < -0.3 is 10.6 Å². The molecule has 122 valence electrons. The van der Waals surface area contributed by atoms with E-state index in [1.54, 1.807) is 0 Å². The lowest BCUT2D eigenvalue weighted by Crippen LogP contribution is -2.46. The number of thioether (sulfide) groups is 1. The van der Waals surface area contributed by atoms with Crippen LogP contribution in [0.4, 0.5) is 0 Å². The van der Waals surface area contributed by atoms with Gasteiger partial charge in [0.25, 0.3) is 0 Å². The number of amides is 1. The van der Waals surface area contributed by atoms with E-state index in [1.165, 1.54) is 12.8 Å². The average Bonchev–Trinajstić information content (AvgIpc) is 2.66. The molecule has 2 fully saturated rings. The fourth-order valence-corrected chi connectivity index (χ4v) is 4.35. The van der Waals surface area contributed by atoms with Crippen LogP contribution >= 0.6 is 11.8 Å². The topological polar surface area (TPSA) is 49.6 Å².